The highest BCUT2D eigenvalue weighted by Gasteiger charge is 2.38. The molecule has 1 fully saturated rings. The first-order chi connectivity index (χ1) is 15.8. The Bertz CT molecular complexity index is 1320. The Labute approximate surface area is 193 Å². The van der Waals surface area contributed by atoms with Crippen molar-refractivity contribution in [2.45, 2.75) is 30.8 Å². The molecule has 33 heavy (non-hydrogen) atoms. The van der Waals surface area contributed by atoms with Gasteiger partial charge in [-0.25, -0.2) is 13.3 Å². The Kier molecular flexibility index (Phi) is 6.42. The number of aromatic nitrogens is 1. The van der Waals surface area contributed by atoms with Crippen molar-refractivity contribution in [3.8, 4) is 0 Å². The van der Waals surface area contributed by atoms with Crippen LogP contribution >= 0.6 is 0 Å². The fourth-order valence-electron chi connectivity index (χ4n) is 4.46. The minimum atomic E-state index is -3.76. The van der Waals surface area contributed by atoms with Crippen molar-refractivity contribution in [1.82, 2.24) is 14.2 Å². The highest BCUT2D eigenvalue weighted by atomic mass is 32.2. The quantitative estimate of drug-likeness (QED) is 0.585. The number of rotatable bonds is 5. The molecular formula is C24H25N5O3S. The first-order valence-corrected chi connectivity index (χ1v) is 12.1. The number of nitrogens with zero attached hydrogens (tertiary/aromatic N) is 4. The fourth-order valence-corrected chi connectivity index (χ4v) is 6.31. The molecule has 4 rings (SSSR count). The minimum Gasteiger partial charge on any atom is -0.324 e. The van der Waals surface area contributed by atoms with Crippen molar-refractivity contribution in [2.24, 2.45) is 0 Å². The van der Waals surface area contributed by atoms with Crippen LogP contribution in [-0.2, 0) is 14.8 Å². The molecule has 2 atom stereocenters. The van der Waals surface area contributed by atoms with Gasteiger partial charge >= 0.3 is 0 Å². The summed E-state index contributed by atoms with van der Waals surface area (Å²) in [6.07, 6.45) is 1.71. The summed E-state index contributed by atoms with van der Waals surface area (Å²) in [4.78, 5) is 22.5. The van der Waals surface area contributed by atoms with Crippen molar-refractivity contribution < 1.29 is 13.2 Å². The topological polar surface area (TPSA) is 87.0 Å². The molecule has 1 saturated heterocycles. The Hall–Kier alpha value is -3.32. The van der Waals surface area contributed by atoms with E-state index in [0.29, 0.717) is 18.8 Å². The van der Waals surface area contributed by atoms with E-state index in [9.17, 15) is 13.2 Å². The van der Waals surface area contributed by atoms with Crippen LogP contribution in [0.2, 0.25) is 0 Å². The lowest BCUT2D eigenvalue weighted by atomic mass is 10.1. The van der Waals surface area contributed by atoms with Gasteiger partial charge in [-0.1, -0.05) is 18.2 Å². The van der Waals surface area contributed by atoms with E-state index in [4.69, 9.17) is 6.57 Å². The zero-order valence-corrected chi connectivity index (χ0v) is 19.3. The van der Waals surface area contributed by atoms with E-state index in [1.54, 1.807) is 18.3 Å². The molecule has 0 radical (unpaired) electrons. The molecule has 9 heteroatoms. The molecule has 8 nitrogen and oxygen atoms in total. The van der Waals surface area contributed by atoms with Gasteiger partial charge in [0.15, 0.2) is 5.69 Å². The predicted octanol–water partition coefficient (Wildman–Crippen LogP) is 3.51. The van der Waals surface area contributed by atoms with Crippen molar-refractivity contribution in [3.05, 3.63) is 72.2 Å². The van der Waals surface area contributed by atoms with Crippen LogP contribution in [0, 0.1) is 6.57 Å². The van der Waals surface area contributed by atoms with Crippen LogP contribution in [0.1, 0.15) is 13.8 Å². The number of amides is 1. The van der Waals surface area contributed by atoms with Crippen LogP contribution in [0.25, 0.3) is 15.7 Å². The van der Waals surface area contributed by atoms with Gasteiger partial charge in [-0.05, 0) is 50.2 Å². The average Bonchev–Trinajstić information content (AvgIpc) is 2.78. The summed E-state index contributed by atoms with van der Waals surface area (Å²) >= 11 is 0. The van der Waals surface area contributed by atoms with E-state index in [-0.39, 0.29) is 35.1 Å². The normalized spacial score (nSPS) is 19.8. The summed E-state index contributed by atoms with van der Waals surface area (Å²) in [5, 5.41) is 3.83. The molecule has 0 unspecified atom stereocenters. The summed E-state index contributed by atoms with van der Waals surface area (Å²) in [7, 11) is -3.76. The maximum Gasteiger partial charge on any atom is 0.242 e. The molecule has 0 spiro atoms. The second-order valence-corrected chi connectivity index (χ2v) is 10.1. The van der Waals surface area contributed by atoms with E-state index < -0.39 is 10.0 Å². The SMILES string of the molecule is [C-]#[N+]c1cccc(S(=O)(=O)N2[C@H](C)CN(CC(=O)Nc3cccc4ncccc34)C[C@@H]2C)c1. The van der Waals surface area contributed by atoms with Crippen LogP contribution < -0.4 is 5.32 Å². The second-order valence-electron chi connectivity index (χ2n) is 8.26. The predicted molar refractivity (Wildman–Crippen MR) is 127 cm³/mol. The summed E-state index contributed by atoms with van der Waals surface area (Å²) < 4.78 is 28.1. The van der Waals surface area contributed by atoms with E-state index in [1.165, 1.54) is 16.4 Å². The molecule has 1 N–H and O–H groups in total. The minimum absolute atomic E-state index is 0.116. The maximum atomic E-state index is 13.3. The first kappa shape index (κ1) is 22.9. The highest BCUT2D eigenvalue weighted by molar-refractivity contribution is 7.89. The van der Waals surface area contributed by atoms with Crippen molar-refractivity contribution in [2.75, 3.05) is 25.0 Å². The van der Waals surface area contributed by atoms with Crippen LogP contribution in [0.15, 0.2) is 65.7 Å². The van der Waals surface area contributed by atoms with Gasteiger partial charge < -0.3 is 5.32 Å². The van der Waals surface area contributed by atoms with Gasteiger partial charge in [0.05, 0.1) is 29.2 Å². The number of hydrogen-bond acceptors (Lipinski definition) is 5. The number of sulfonamides is 1. The van der Waals surface area contributed by atoms with Crippen molar-refractivity contribution in [3.63, 3.8) is 0 Å². The molecule has 0 saturated carbocycles. The number of fused-ring (bicyclic) bond motifs is 1. The zero-order valence-electron chi connectivity index (χ0n) is 18.5. The monoisotopic (exact) mass is 463 g/mol. The molecule has 0 aliphatic carbocycles. The Morgan fingerprint density at radius 2 is 1.85 bits per heavy atom. The summed E-state index contributed by atoms with van der Waals surface area (Å²) in [6.45, 7) is 11.8. The lowest BCUT2D eigenvalue weighted by molar-refractivity contribution is -0.118. The Morgan fingerprint density at radius 3 is 2.58 bits per heavy atom. The summed E-state index contributed by atoms with van der Waals surface area (Å²) in [5.74, 6) is -0.160. The third-order valence-electron chi connectivity index (χ3n) is 5.72. The zero-order chi connectivity index (χ0) is 23.6. The number of nitrogens with one attached hydrogen (secondary N) is 1. The van der Waals surface area contributed by atoms with Gasteiger partial charge in [0.25, 0.3) is 0 Å². The second kappa shape index (κ2) is 9.27. The molecule has 1 aromatic heterocycles. The number of piperazine rings is 1. The maximum absolute atomic E-state index is 13.3. The van der Waals surface area contributed by atoms with Crippen LogP contribution in [0.4, 0.5) is 11.4 Å². The van der Waals surface area contributed by atoms with E-state index >= 15 is 0 Å². The van der Waals surface area contributed by atoms with E-state index in [2.05, 4.69) is 15.1 Å². The molecule has 0 bridgehead atoms. The molecule has 3 aromatic rings. The fraction of sp³-hybridized carbons (Fsp3) is 0.292. The number of hydrogen-bond donors (Lipinski definition) is 1. The van der Waals surface area contributed by atoms with Gasteiger partial charge in [-0.2, -0.15) is 4.31 Å². The third kappa shape index (κ3) is 4.73. The molecule has 2 heterocycles. The Balaban J connectivity index is 1.45. The lowest BCUT2D eigenvalue weighted by Crippen LogP contribution is -2.59. The summed E-state index contributed by atoms with van der Waals surface area (Å²) in [5.41, 5.74) is 1.79. The highest BCUT2D eigenvalue weighted by Crippen LogP contribution is 2.28. The standard InChI is InChI=1S/C24H25N5O3S/c1-17-14-28(16-24(30)27-23-11-5-10-22-21(23)9-6-12-26-22)15-18(2)29(17)33(31,32)20-8-4-7-19(13-20)25-3/h4-13,17-18H,14-16H2,1-2H3,(H,27,30)/t17-,18+. The Morgan fingerprint density at radius 1 is 1.12 bits per heavy atom. The molecule has 1 aliphatic heterocycles. The van der Waals surface area contributed by atoms with Crippen LogP contribution in [-0.4, -0.2) is 60.2 Å². The molecule has 170 valence electrons. The van der Waals surface area contributed by atoms with Gasteiger partial charge in [0, 0.05) is 36.8 Å². The van der Waals surface area contributed by atoms with Crippen molar-refractivity contribution in [1.29, 1.82) is 0 Å². The smallest absolute Gasteiger partial charge is 0.242 e. The van der Waals surface area contributed by atoms with Gasteiger partial charge in [-0.15, -0.1) is 0 Å². The van der Waals surface area contributed by atoms with Gasteiger partial charge in [0.1, 0.15) is 0 Å². The molecule has 2 aromatic carbocycles. The number of benzene rings is 2. The van der Waals surface area contributed by atoms with Crippen molar-refractivity contribution >= 4 is 38.2 Å². The van der Waals surface area contributed by atoms with Gasteiger partial charge in [-0.3, -0.25) is 14.7 Å². The average molecular weight is 464 g/mol. The number of anilines is 1. The number of carbonyl (C=O) groups excluding carboxylic acids is 1. The number of pyridine rings is 1. The third-order valence-corrected chi connectivity index (χ3v) is 7.85. The first-order valence-electron chi connectivity index (χ1n) is 10.7. The summed E-state index contributed by atoms with van der Waals surface area (Å²) in [6, 6.07) is 14.8. The van der Waals surface area contributed by atoms with E-state index in [0.717, 1.165) is 10.9 Å². The number of carbonyl (C=O) groups is 1. The largest absolute Gasteiger partial charge is 0.324 e. The molecule has 1 aliphatic rings. The molecule has 1 amide bonds. The van der Waals surface area contributed by atoms with E-state index in [1.807, 2.05) is 49.1 Å². The van der Waals surface area contributed by atoms with Crippen LogP contribution in [0.3, 0.4) is 0 Å². The van der Waals surface area contributed by atoms with Gasteiger partial charge in [0.2, 0.25) is 15.9 Å². The van der Waals surface area contributed by atoms with Crippen LogP contribution in [0.5, 0.6) is 0 Å². The lowest BCUT2D eigenvalue weighted by Gasteiger charge is -2.43. The molecular weight excluding hydrogens is 438 g/mol.